The third kappa shape index (κ3) is 4.75. The van der Waals surface area contributed by atoms with Gasteiger partial charge in [0, 0.05) is 42.4 Å². The monoisotopic (exact) mass is 495 g/mol. The molecule has 2 atom stereocenters. The summed E-state index contributed by atoms with van der Waals surface area (Å²) < 4.78 is 2.21. The fraction of sp³-hybridized carbons (Fsp3) is 0.207. The van der Waals surface area contributed by atoms with Gasteiger partial charge in [0.15, 0.2) is 5.11 Å². The quantitative estimate of drug-likeness (QED) is 0.332. The van der Waals surface area contributed by atoms with Gasteiger partial charge in [-0.05, 0) is 73.6 Å². The maximum atomic E-state index is 12.9. The molecule has 3 heterocycles. The van der Waals surface area contributed by atoms with Crippen LogP contribution in [-0.2, 0) is 4.79 Å². The number of thiocarbonyl (C=S) groups is 1. The molecule has 36 heavy (non-hydrogen) atoms. The zero-order valence-electron chi connectivity index (χ0n) is 20.4. The lowest BCUT2D eigenvalue weighted by Gasteiger charge is -2.29. The average Bonchev–Trinajstić information content (AvgIpc) is 3.49. The SMILES string of the molecule is Cc1ccccc1NC(=O)CCN1C(=S)N[C@H](c2ccccn2)[C@@H]1c1cccn1-c1ccccc1C. The van der Waals surface area contributed by atoms with E-state index in [0.717, 1.165) is 28.3 Å². The molecule has 7 heteroatoms. The highest BCUT2D eigenvalue weighted by atomic mass is 32.1. The maximum Gasteiger partial charge on any atom is 0.226 e. The van der Waals surface area contributed by atoms with Crippen molar-refractivity contribution in [1.29, 1.82) is 0 Å². The smallest absolute Gasteiger partial charge is 0.226 e. The van der Waals surface area contributed by atoms with Crippen molar-refractivity contribution in [3.63, 3.8) is 0 Å². The number of pyridine rings is 1. The Hall–Kier alpha value is -3.97. The van der Waals surface area contributed by atoms with E-state index in [-0.39, 0.29) is 18.0 Å². The summed E-state index contributed by atoms with van der Waals surface area (Å²) in [4.78, 5) is 19.6. The minimum absolute atomic E-state index is 0.0403. The summed E-state index contributed by atoms with van der Waals surface area (Å²) in [5.41, 5.74) is 6.17. The number of para-hydroxylation sites is 2. The number of anilines is 1. The Morgan fingerprint density at radius 1 is 0.972 bits per heavy atom. The van der Waals surface area contributed by atoms with Crippen molar-refractivity contribution in [3.05, 3.63) is 114 Å². The molecule has 0 radical (unpaired) electrons. The molecule has 1 fully saturated rings. The van der Waals surface area contributed by atoms with Gasteiger partial charge in [0.05, 0.1) is 17.8 Å². The van der Waals surface area contributed by atoms with Gasteiger partial charge in [-0.25, -0.2) is 0 Å². The summed E-state index contributed by atoms with van der Waals surface area (Å²) in [6.45, 7) is 4.58. The van der Waals surface area contributed by atoms with Gasteiger partial charge in [-0.15, -0.1) is 0 Å². The number of benzene rings is 2. The molecule has 2 N–H and O–H groups in total. The lowest BCUT2D eigenvalue weighted by molar-refractivity contribution is -0.116. The van der Waals surface area contributed by atoms with Crippen LogP contribution in [0.5, 0.6) is 0 Å². The van der Waals surface area contributed by atoms with Crippen LogP contribution in [0.15, 0.2) is 91.3 Å². The third-order valence-electron chi connectivity index (χ3n) is 6.66. The number of rotatable bonds is 7. The van der Waals surface area contributed by atoms with Crippen molar-refractivity contribution in [2.45, 2.75) is 32.4 Å². The van der Waals surface area contributed by atoms with E-state index >= 15 is 0 Å². The molecule has 1 aliphatic rings. The zero-order chi connectivity index (χ0) is 25.1. The molecule has 0 aliphatic carbocycles. The Bertz CT molecular complexity index is 1380. The molecule has 5 rings (SSSR count). The largest absolute Gasteiger partial charge is 0.352 e. The minimum Gasteiger partial charge on any atom is -0.352 e. The number of nitrogens with one attached hydrogen (secondary N) is 2. The van der Waals surface area contributed by atoms with Gasteiger partial charge in [-0.2, -0.15) is 0 Å². The molecule has 2 aromatic carbocycles. The highest BCUT2D eigenvalue weighted by Gasteiger charge is 2.41. The second-order valence-corrected chi connectivity index (χ2v) is 9.41. The molecule has 2 aromatic heterocycles. The molecule has 4 aromatic rings. The van der Waals surface area contributed by atoms with Gasteiger partial charge in [0.2, 0.25) is 5.91 Å². The van der Waals surface area contributed by atoms with Crippen LogP contribution >= 0.6 is 12.2 Å². The first kappa shape index (κ1) is 23.8. The van der Waals surface area contributed by atoms with E-state index in [2.05, 4.69) is 62.5 Å². The average molecular weight is 496 g/mol. The molecule has 182 valence electrons. The van der Waals surface area contributed by atoms with E-state index in [1.165, 1.54) is 5.56 Å². The van der Waals surface area contributed by atoms with Crippen molar-refractivity contribution in [1.82, 2.24) is 19.8 Å². The number of aryl methyl sites for hydroxylation is 2. The maximum absolute atomic E-state index is 12.9. The van der Waals surface area contributed by atoms with Crippen LogP contribution in [0.25, 0.3) is 5.69 Å². The predicted octanol–water partition coefficient (Wildman–Crippen LogP) is 5.49. The third-order valence-corrected chi connectivity index (χ3v) is 7.01. The molecular formula is C29H29N5OS. The van der Waals surface area contributed by atoms with Crippen molar-refractivity contribution < 1.29 is 4.79 Å². The Balaban J connectivity index is 1.46. The van der Waals surface area contributed by atoms with Crippen molar-refractivity contribution >= 4 is 28.9 Å². The zero-order valence-corrected chi connectivity index (χ0v) is 21.2. The Labute approximate surface area is 217 Å². The molecular weight excluding hydrogens is 466 g/mol. The van der Waals surface area contributed by atoms with Crippen molar-refractivity contribution in [3.8, 4) is 5.69 Å². The van der Waals surface area contributed by atoms with Crippen molar-refractivity contribution in [2.75, 3.05) is 11.9 Å². The molecule has 1 amide bonds. The van der Waals surface area contributed by atoms with E-state index in [4.69, 9.17) is 12.2 Å². The summed E-state index contributed by atoms with van der Waals surface area (Å²) in [5, 5.41) is 7.15. The number of carbonyl (C=O) groups excluding carboxylic acids is 1. The number of carbonyl (C=O) groups is 1. The second-order valence-electron chi connectivity index (χ2n) is 9.02. The summed E-state index contributed by atoms with van der Waals surface area (Å²) in [6, 6.07) is 26.0. The van der Waals surface area contributed by atoms with E-state index in [1.807, 2.05) is 61.5 Å². The first-order chi connectivity index (χ1) is 17.5. The van der Waals surface area contributed by atoms with Crippen LogP contribution in [0.1, 0.15) is 41.0 Å². The molecule has 1 saturated heterocycles. The number of nitrogens with zero attached hydrogens (tertiary/aromatic N) is 3. The van der Waals surface area contributed by atoms with Crippen molar-refractivity contribution in [2.24, 2.45) is 0 Å². The van der Waals surface area contributed by atoms with E-state index in [9.17, 15) is 4.79 Å². The lowest BCUT2D eigenvalue weighted by atomic mass is 10.0. The fourth-order valence-electron chi connectivity index (χ4n) is 4.80. The summed E-state index contributed by atoms with van der Waals surface area (Å²) in [5.74, 6) is -0.0403. The minimum atomic E-state index is -0.143. The van der Waals surface area contributed by atoms with E-state index in [1.54, 1.807) is 6.20 Å². The fourth-order valence-corrected chi connectivity index (χ4v) is 5.14. The predicted molar refractivity (Wildman–Crippen MR) is 147 cm³/mol. The van der Waals surface area contributed by atoms with Gasteiger partial charge < -0.3 is 20.1 Å². The van der Waals surface area contributed by atoms with Gasteiger partial charge in [0.1, 0.15) is 0 Å². The lowest BCUT2D eigenvalue weighted by Crippen LogP contribution is -2.33. The van der Waals surface area contributed by atoms with E-state index in [0.29, 0.717) is 18.1 Å². The Morgan fingerprint density at radius 2 is 1.72 bits per heavy atom. The topological polar surface area (TPSA) is 62.2 Å². The number of amides is 1. The van der Waals surface area contributed by atoms with Crippen LogP contribution in [0.2, 0.25) is 0 Å². The highest BCUT2D eigenvalue weighted by Crippen LogP contribution is 2.39. The van der Waals surface area contributed by atoms with Gasteiger partial charge in [-0.1, -0.05) is 42.5 Å². The van der Waals surface area contributed by atoms with Crippen LogP contribution in [0.3, 0.4) is 0 Å². The first-order valence-electron chi connectivity index (χ1n) is 12.1. The molecule has 1 aliphatic heterocycles. The molecule has 6 nitrogen and oxygen atoms in total. The number of hydrogen-bond donors (Lipinski definition) is 2. The summed E-state index contributed by atoms with van der Waals surface area (Å²) in [7, 11) is 0. The second kappa shape index (κ2) is 10.3. The summed E-state index contributed by atoms with van der Waals surface area (Å²) >= 11 is 5.80. The van der Waals surface area contributed by atoms with Crippen LogP contribution in [0.4, 0.5) is 5.69 Å². The van der Waals surface area contributed by atoms with E-state index < -0.39 is 0 Å². The summed E-state index contributed by atoms with van der Waals surface area (Å²) in [6.07, 6.45) is 4.19. The first-order valence-corrected chi connectivity index (χ1v) is 12.5. The normalized spacial score (nSPS) is 17.2. The molecule has 0 saturated carbocycles. The Kier molecular flexibility index (Phi) is 6.82. The standard InChI is InChI=1S/C29H29N5OS/c1-20-10-3-5-12-22(20)31-26(35)16-19-34-28(27(32-29(34)36)23-13-7-8-17-30-23)25-15-9-18-33(25)24-14-6-4-11-21(24)2/h3-15,17-18,27-28H,16,19H2,1-2H3,(H,31,35)(H,32,36)/t27-,28+/m1/s1. The van der Waals surface area contributed by atoms with Crippen LogP contribution < -0.4 is 10.6 Å². The van der Waals surface area contributed by atoms with Crippen LogP contribution in [0, 0.1) is 13.8 Å². The van der Waals surface area contributed by atoms with Gasteiger partial charge in [0.25, 0.3) is 0 Å². The number of hydrogen-bond acceptors (Lipinski definition) is 3. The Morgan fingerprint density at radius 3 is 2.47 bits per heavy atom. The molecule has 0 bridgehead atoms. The molecule has 0 unspecified atom stereocenters. The number of aromatic nitrogens is 2. The van der Waals surface area contributed by atoms with Crippen LogP contribution in [-0.4, -0.2) is 32.0 Å². The van der Waals surface area contributed by atoms with Gasteiger partial charge in [-0.3, -0.25) is 9.78 Å². The molecule has 0 spiro atoms. The van der Waals surface area contributed by atoms with Gasteiger partial charge >= 0.3 is 0 Å². The highest BCUT2D eigenvalue weighted by molar-refractivity contribution is 7.80.